The van der Waals surface area contributed by atoms with Crippen LogP contribution in [0.4, 0.5) is 5.69 Å². The molecule has 6 N–H and O–H groups in total. The number of hydrogen-bond donors (Lipinski definition) is 5. The van der Waals surface area contributed by atoms with E-state index in [0.29, 0.717) is 24.1 Å². The number of aliphatic hydroxyl groups excluding tert-OH is 1. The molecule has 1 aliphatic heterocycles. The molecule has 5 atom stereocenters. The van der Waals surface area contributed by atoms with Crippen LogP contribution < -0.4 is 16.4 Å². The second kappa shape index (κ2) is 13.6. The Morgan fingerprint density at radius 1 is 1.17 bits per heavy atom. The number of phenolic OH excluding ortho intramolecular Hbond substituents is 1. The number of benzene rings is 1. The average Bonchev–Trinajstić information content (AvgIpc) is 3.82. The van der Waals surface area contributed by atoms with Crippen molar-refractivity contribution < 1.29 is 15.0 Å². The summed E-state index contributed by atoms with van der Waals surface area (Å²) in [6.07, 6.45) is 11.0. The van der Waals surface area contributed by atoms with E-state index >= 15 is 0 Å². The fraction of sp³-hybridized carbons (Fsp3) is 0.459. The van der Waals surface area contributed by atoms with Gasteiger partial charge < -0.3 is 26.6 Å². The summed E-state index contributed by atoms with van der Waals surface area (Å²) in [7, 11) is 1.69. The number of nitrogens with two attached hydrogens (primary N) is 1. The molecule has 1 aromatic carbocycles. The first-order valence-corrected chi connectivity index (χ1v) is 18.0. The fourth-order valence-electron chi connectivity index (χ4n) is 7.93. The Kier molecular flexibility index (Phi) is 9.60. The van der Waals surface area contributed by atoms with Crippen LogP contribution in [0, 0.1) is 29.1 Å². The third-order valence-electron chi connectivity index (χ3n) is 10.2. The minimum atomic E-state index is -0.560. The van der Waals surface area contributed by atoms with E-state index < -0.39 is 6.10 Å². The second-order valence-corrected chi connectivity index (χ2v) is 15.3. The zero-order valence-corrected chi connectivity index (χ0v) is 28.4. The van der Waals surface area contributed by atoms with Crippen LogP contribution in [-0.4, -0.2) is 47.2 Å². The van der Waals surface area contributed by atoms with Gasteiger partial charge >= 0.3 is 0 Å². The lowest BCUT2D eigenvalue weighted by Gasteiger charge is -2.46. The number of Topliss-reactive ketones (excluding diaryl/α,β-unsaturated/α-hetero) is 1. The largest absolute Gasteiger partial charge is 0.507 e. The number of nitrogens with zero attached hydrogens (tertiary/aromatic N) is 1. The minimum absolute atomic E-state index is 0.00560. The summed E-state index contributed by atoms with van der Waals surface area (Å²) in [6, 6.07) is 12.0. The van der Waals surface area contributed by atoms with Crippen molar-refractivity contribution in [2.45, 2.75) is 83.4 Å². The van der Waals surface area contributed by atoms with E-state index in [1.807, 2.05) is 31.2 Å². The van der Waals surface area contributed by atoms with Gasteiger partial charge in [0.1, 0.15) is 5.75 Å². The molecule has 7 nitrogen and oxygen atoms in total. The highest BCUT2D eigenvalue weighted by Crippen LogP contribution is 2.56. The molecule has 0 amide bonds. The summed E-state index contributed by atoms with van der Waals surface area (Å²) >= 11 is 3.29. The van der Waals surface area contributed by atoms with Gasteiger partial charge in [0.05, 0.1) is 21.9 Å². The molecule has 46 heavy (non-hydrogen) atoms. The molecule has 9 heteroatoms. The van der Waals surface area contributed by atoms with Crippen LogP contribution in [0.2, 0.25) is 0 Å². The van der Waals surface area contributed by atoms with Crippen molar-refractivity contribution >= 4 is 46.2 Å². The average molecular weight is 657 g/mol. The number of ketones is 1. The Morgan fingerprint density at radius 2 is 1.93 bits per heavy atom. The van der Waals surface area contributed by atoms with Crippen molar-refractivity contribution in [1.29, 1.82) is 0 Å². The first-order chi connectivity index (χ1) is 22.2. The second-order valence-electron chi connectivity index (χ2n) is 13.1. The van der Waals surface area contributed by atoms with E-state index in [9.17, 15) is 15.0 Å². The van der Waals surface area contributed by atoms with Crippen molar-refractivity contribution in [3.63, 3.8) is 0 Å². The number of aliphatic imine (C=N–C) groups is 1. The van der Waals surface area contributed by atoms with Crippen molar-refractivity contribution in [2.75, 3.05) is 12.4 Å². The van der Waals surface area contributed by atoms with E-state index in [2.05, 4.69) is 51.7 Å². The lowest BCUT2D eigenvalue weighted by molar-refractivity contribution is 0.0411. The van der Waals surface area contributed by atoms with Crippen LogP contribution in [-0.2, 0) is 6.42 Å². The van der Waals surface area contributed by atoms with Crippen LogP contribution >= 0.6 is 22.7 Å². The molecule has 0 bridgehead atoms. The molecule has 0 radical (unpaired) electrons. The molecule has 2 aromatic heterocycles. The van der Waals surface area contributed by atoms with Gasteiger partial charge in [-0.15, -0.1) is 28.6 Å². The van der Waals surface area contributed by atoms with E-state index in [1.165, 1.54) is 0 Å². The van der Waals surface area contributed by atoms with E-state index in [4.69, 9.17) is 5.73 Å². The predicted octanol–water partition coefficient (Wildman–Crippen LogP) is 7.05. The van der Waals surface area contributed by atoms with Gasteiger partial charge in [-0.25, -0.2) is 0 Å². The molecule has 2 aliphatic carbocycles. The molecule has 3 aromatic rings. The number of thiophene rings is 2. The Hall–Kier alpha value is -3.58. The number of nitrogens with one attached hydrogen (secondary N) is 2. The number of hydrogen-bond acceptors (Lipinski definition) is 7. The van der Waals surface area contributed by atoms with Gasteiger partial charge in [-0.2, -0.15) is 0 Å². The smallest absolute Gasteiger partial charge is 0.188 e. The van der Waals surface area contributed by atoms with Crippen LogP contribution in [0.1, 0.15) is 84.5 Å². The maximum Gasteiger partial charge on any atom is 0.188 e. The fourth-order valence-corrected chi connectivity index (χ4v) is 9.94. The minimum Gasteiger partial charge on any atom is -0.507 e. The molecule has 3 heterocycles. The van der Waals surface area contributed by atoms with Crippen molar-refractivity contribution in [1.82, 2.24) is 5.32 Å². The Balaban J connectivity index is 1.23. The summed E-state index contributed by atoms with van der Waals surface area (Å²) in [4.78, 5) is 22.6. The number of fused-ring (bicyclic) bond motifs is 1. The first-order valence-electron chi connectivity index (χ1n) is 16.3. The Bertz CT molecular complexity index is 1700. The van der Waals surface area contributed by atoms with Gasteiger partial charge in [-0.3, -0.25) is 9.79 Å². The molecule has 242 valence electrons. The molecule has 6 rings (SSSR count). The highest BCUT2D eigenvalue weighted by molar-refractivity contribution is 7.23. The van der Waals surface area contributed by atoms with Gasteiger partial charge in [0.25, 0.3) is 0 Å². The van der Waals surface area contributed by atoms with E-state index in [-0.39, 0.29) is 29.2 Å². The zero-order valence-electron chi connectivity index (χ0n) is 26.8. The topological polar surface area (TPSA) is 120 Å². The summed E-state index contributed by atoms with van der Waals surface area (Å²) in [6.45, 7) is 3.60. The lowest BCUT2D eigenvalue weighted by Crippen LogP contribution is -2.50. The summed E-state index contributed by atoms with van der Waals surface area (Å²) < 4.78 is 0. The number of rotatable bonds is 8. The predicted molar refractivity (Wildman–Crippen MR) is 191 cm³/mol. The van der Waals surface area contributed by atoms with Crippen molar-refractivity contribution in [2.24, 2.45) is 28.0 Å². The first kappa shape index (κ1) is 32.4. The van der Waals surface area contributed by atoms with Crippen LogP contribution in [0.5, 0.6) is 5.75 Å². The number of carbonyl (C=O) groups is 1. The van der Waals surface area contributed by atoms with Crippen molar-refractivity contribution in [3.8, 4) is 27.3 Å². The third-order valence-corrected chi connectivity index (χ3v) is 12.5. The van der Waals surface area contributed by atoms with Gasteiger partial charge in [-0.05, 0) is 106 Å². The number of carbonyl (C=O) groups excluding carboxylic acids is 1. The van der Waals surface area contributed by atoms with Crippen LogP contribution in [0.3, 0.4) is 0 Å². The van der Waals surface area contributed by atoms with Crippen molar-refractivity contribution in [3.05, 3.63) is 63.4 Å². The maximum atomic E-state index is 14.2. The molecule has 2 fully saturated rings. The van der Waals surface area contributed by atoms with Gasteiger partial charge in [0.15, 0.2) is 11.7 Å². The van der Waals surface area contributed by atoms with Gasteiger partial charge in [0.2, 0.25) is 0 Å². The van der Waals surface area contributed by atoms with Gasteiger partial charge in [-0.1, -0.05) is 30.9 Å². The quantitative estimate of drug-likeness (QED) is 0.0768. The maximum absolute atomic E-state index is 14.2. The Labute approximate surface area is 280 Å². The number of phenols is 1. The number of aliphatic hydroxyl groups is 1. The third kappa shape index (κ3) is 6.62. The standard InChI is InChI=1S/C37H44N4O3S2/c1-4-7-25-9-13-32(45-25)33-14-15-34(46-33)35(44)27-11-8-24(21-37(27)16-5-6-17-37)29(41-36(38)39-3)18-23-19-30-26(31(43)20-23)10-12-28(40-30)22(2)42/h9-10,12-15,19-20,22,24,27-29,40,42-43H,5-6,8,11,16-18,21H2,1-3H3,(H3,38,39,41)/t22-,24-,27-,28-,29+/m0/s1. The summed E-state index contributed by atoms with van der Waals surface area (Å²) in [5, 5.41) is 27.9. The lowest BCUT2D eigenvalue weighted by atomic mass is 9.59. The SMILES string of the molecule is CC#Cc1ccc(-c2ccc(C(=O)[C@@H]3CC[C@H]([C@@H](Cc4cc(O)c5c(c4)N[C@H]([C@H](C)O)C=C5)NC(N)=NC)CC34CCCC4)s2)s1. The molecule has 0 saturated heterocycles. The molecule has 2 saturated carbocycles. The molecular formula is C37H44N4O3S2. The van der Waals surface area contributed by atoms with Crippen LogP contribution in [0.25, 0.3) is 15.8 Å². The normalized spacial score (nSPS) is 23.2. The highest BCUT2D eigenvalue weighted by Gasteiger charge is 2.50. The highest BCUT2D eigenvalue weighted by atomic mass is 32.1. The number of anilines is 1. The Morgan fingerprint density at radius 3 is 2.67 bits per heavy atom. The monoisotopic (exact) mass is 656 g/mol. The molecule has 1 spiro atoms. The van der Waals surface area contributed by atoms with E-state index in [0.717, 1.165) is 81.3 Å². The molecule has 0 unspecified atom stereocenters. The van der Waals surface area contributed by atoms with Crippen LogP contribution in [0.15, 0.2) is 47.5 Å². The van der Waals surface area contributed by atoms with Gasteiger partial charge in [0, 0.05) is 40.0 Å². The summed E-state index contributed by atoms with van der Waals surface area (Å²) in [5.41, 5.74) is 8.78. The number of guanidine groups is 1. The van der Waals surface area contributed by atoms with E-state index in [1.54, 1.807) is 36.6 Å². The zero-order chi connectivity index (χ0) is 32.4. The number of aromatic hydroxyl groups is 1. The summed E-state index contributed by atoms with van der Waals surface area (Å²) in [5.74, 6) is 7.32. The molecular weight excluding hydrogens is 613 g/mol. The molecule has 3 aliphatic rings.